The molecule has 142 valence electrons. The van der Waals surface area contributed by atoms with E-state index in [1.807, 2.05) is 32.1 Å². The van der Waals surface area contributed by atoms with Gasteiger partial charge in [-0.15, -0.1) is 6.42 Å². The van der Waals surface area contributed by atoms with Crippen LogP contribution in [0.5, 0.6) is 5.75 Å². The maximum absolute atomic E-state index is 11.4. The van der Waals surface area contributed by atoms with Crippen LogP contribution in [0.25, 0.3) is 6.08 Å². The minimum Gasteiger partial charge on any atom is -0.496 e. The topological polar surface area (TPSA) is 35.5 Å². The fourth-order valence-electron chi connectivity index (χ4n) is 2.54. The van der Waals surface area contributed by atoms with Crippen molar-refractivity contribution in [1.29, 1.82) is 0 Å². The molecule has 0 bridgehead atoms. The van der Waals surface area contributed by atoms with E-state index in [0.29, 0.717) is 0 Å². The van der Waals surface area contributed by atoms with Crippen LogP contribution < -0.4 is 4.74 Å². The average molecular weight is 364 g/mol. The van der Waals surface area contributed by atoms with Crippen molar-refractivity contribution in [3.8, 4) is 18.1 Å². The van der Waals surface area contributed by atoms with Gasteiger partial charge in [-0.25, -0.2) is 4.79 Å². The fraction of sp³-hybridized carbons (Fsp3) is 0.292. The molecule has 0 amide bonds. The minimum absolute atomic E-state index is 0.0141. The predicted octanol–water partition coefficient (Wildman–Crippen LogP) is 5.26. The third-order valence-electron chi connectivity index (χ3n) is 4.20. The largest absolute Gasteiger partial charge is 0.496 e. The molecule has 0 saturated carbocycles. The molecular weight excluding hydrogens is 336 g/mol. The highest BCUT2D eigenvalue weighted by atomic mass is 16.5. The lowest BCUT2D eigenvalue weighted by Crippen LogP contribution is -2.00. The molecule has 0 aromatic heterocycles. The Morgan fingerprint density at radius 3 is 2.48 bits per heavy atom. The standard InChI is InChI=1S/C24H28O3/c1-8-14-27-24(25)15-18(3)11-9-10-17(2)12-13-22-19(4)16-23(26-7)21(6)20(22)5/h1,9-13,15-16H,14H2,2-7H3. The highest BCUT2D eigenvalue weighted by Crippen LogP contribution is 2.28. The minimum atomic E-state index is -0.434. The van der Waals surface area contributed by atoms with Gasteiger partial charge in [0.15, 0.2) is 6.61 Å². The normalized spacial score (nSPS) is 12.5. The third kappa shape index (κ3) is 7.03. The van der Waals surface area contributed by atoms with Crippen molar-refractivity contribution in [1.82, 2.24) is 0 Å². The number of hydrogen-bond acceptors (Lipinski definition) is 3. The molecule has 0 aliphatic carbocycles. The smallest absolute Gasteiger partial charge is 0.331 e. The molecule has 0 aliphatic rings. The van der Waals surface area contributed by atoms with Gasteiger partial charge in [-0.05, 0) is 68.5 Å². The summed E-state index contributed by atoms with van der Waals surface area (Å²) < 4.78 is 10.2. The molecule has 1 rings (SSSR count). The van der Waals surface area contributed by atoms with Crippen LogP contribution in [0.1, 0.15) is 36.1 Å². The molecule has 0 N–H and O–H groups in total. The van der Waals surface area contributed by atoms with Crippen LogP contribution in [0.15, 0.2) is 47.6 Å². The van der Waals surface area contributed by atoms with E-state index >= 15 is 0 Å². The van der Waals surface area contributed by atoms with E-state index in [4.69, 9.17) is 15.9 Å². The molecule has 1 aromatic rings. The van der Waals surface area contributed by atoms with Crippen molar-refractivity contribution >= 4 is 12.0 Å². The zero-order valence-electron chi connectivity index (χ0n) is 17.1. The Morgan fingerprint density at radius 2 is 1.85 bits per heavy atom. The van der Waals surface area contributed by atoms with Gasteiger partial charge in [0.1, 0.15) is 5.75 Å². The zero-order chi connectivity index (χ0) is 20.4. The Kier molecular flexibility index (Phi) is 8.89. The molecule has 0 fully saturated rings. The molecule has 0 radical (unpaired) electrons. The van der Waals surface area contributed by atoms with Crippen LogP contribution >= 0.6 is 0 Å². The van der Waals surface area contributed by atoms with Crippen LogP contribution in [0.3, 0.4) is 0 Å². The van der Waals surface area contributed by atoms with Gasteiger partial charge in [0.05, 0.1) is 7.11 Å². The summed E-state index contributed by atoms with van der Waals surface area (Å²) in [5.41, 5.74) is 6.65. The van der Waals surface area contributed by atoms with Gasteiger partial charge in [-0.3, -0.25) is 0 Å². The van der Waals surface area contributed by atoms with E-state index in [9.17, 15) is 4.79 Å². The summed E-state index contributed by atoms with van der Waals surface area (Å²) in [6.45, 7) is 10.1. The number of terminal acetylenes is 1. The number of methoxy groups -OCH3 is 1. The summed E-state index contributed by atoms with van der Waals surface area (Å²) in [6, 6.07) is 2.06. The average Bonchev–Trinajstić information content (AvgIpc) is 2.62. The monoisotopic (exact) mass is 364 g/mol. The molecule has 3 heteroatoms. The fourth-order valence-corrected chi connectivity index (χ4v) is 2.54. The maximum Gasteiger partial charge on any atom is 0.331 e. The Balaban J connectivity index is 2.86. The van der Waals surface area contributed by atoms with Crippen LogP contribution in [0.4, 0.5) is 0 Å². The maximum atomic E-state index is 11.4. The van der Waals surface area contributed by atoms with Crippen molar-refractivity contribution in [2.75, 3.05) is 13.7 Å². The first-order valence-electron chi connectivity index (χ1n) is 8.76. The lowest BCUT2D eigenvalue weighted by Gasteiger charge is -2.13. The number of esters is 1. The van der Waals surface area contributed by atoms with Gasteiger partial charge in [0.25, 0.3) is 0 Å². The van der Waals surface area contributed by atoms with E-state index < -0.39 is 5.97 Å². The zero-order valence-corrected chi connectivity index (χ0v) is 17.1. The van der Waals surface area contributed by atoms with E-state index in [1.54, 1.807) is 7.11 Å². The van der Waals surface area contributed by atoms with Crippen molar-refractivity contribution in [2.45, 2.75) is 34.6 Å². The molecule has 0 unspecified atom stereocenters. The summed E-state index contributed by atoms with van der Waals surface area (Å²) in [7, 11) is 1.70. The first kappa shape index (κ1) is 22.1. The Bertz CT molecular complexity index is 843. The van der Waals surface area contributed by atoms with Gasteiger partial charge in [-0.2, -0.15) is 0 Å². The molecule has 0 saturated heterocycles. The highest BCUT2D eigenvalue weighted by molar-refractivity contribution is 5.83. The second-order valence-corrected chi connectivity index (χ2v) is 6.36. The van der Waals surface area contributed by atoms with Gasteiger partial charge in [-0.1, -0.05) is 41.9 Å². The first-order chi connectivity index (χ1) is 12.8. The number of benzene rings is 1. The number of carbonyl (C=O) groups is 1. The molecule has 1 aromatic carbocycles. The van der Waals surface area contributed by atoms with E-state index in [1.165, 1.54) is 22.8 Å². The Hall–Kier alpha value is -2.99. The number of ether oxygens (including phenoxy) is 2. The summed E-state index contributed by atoms with van der Waals surface area (Å²) in [5.74, 6) is 2.74. The van der Waals surface area contributed by atoms with Crippen LogP contribution in [-0.4, -0.2) is 19.7 Å². The summed E-state index contributed by atoms with van der Waals surface area (Å²) in [4.78, 5) is 11.4. The van der Waals surface area contributed by atoms with Gasteiger partial charge < -0.3 is 9.47 Å². The quantitative estimate of drug-likeness (QED) is 0.287. The van der Waals surface area contributed by atoms with Gasteiger partial charge in [0, 0.05) is 6.08 Å². The van der Waals surface area contributed by atoms with Crippen molar-refractivity contribution < 1.29 is 14.3 Å². The molecule has 0 spiro atoms. The van der Waals surface area contributed by atoms with Gasteiger partial charge in [0.2, 0.25) is 0 Å². The molecule has 0 atom stereocenters. The Labute approximate surface area is 163 Å². The summed E-state index contributed by atoms with van der Waals surface area (Å²) in [5, 5.41) is 0. The lowest BCUT2D eigenvalue weighted by atomic mass is 9.96. The van der Waals surface area contributed by atoms with E-state index in [-0.39, 0.29) is 6.61 Å². The number of rotatable bonds is 7. The molecule has 0 heterocycles. The third-order valence-corrected chi connectivity index (χ3v) is 4.20. The summed E-state index contributed by atoms with van der Waals surface area (Å²) in [6.07, 6.45) is 16.4. The number of aryl methyl sites for hydroxylation is 1. The van der Waals surface area contributed by atoms with E-state index in [2.05, 4.69) is 44.9 Å². The first-order valence-corrected chi connectivity index (χ1v) is 8.76. The molecule has 27 heavy (non-hydrogen) atoms. The van der Waals surface area contributed by atoms with Crippen molar-refractivity contribution in [3.63, 3.8) is 0 Å². The van der Waals surface area contributed by atoms with Crippen LogP contribution in [-0.2, 0) is 9.53 Å². The van der Waals surface area contributed by atoms with Crippen molar-refractivity contribution in [3.05, 3.63) is 69.8 Å². The number of hydrogen-bond donors (Lipinski definition) is 0. The van der Waals surface area contributed by atoms with E-state index in [0.717, 1.165) is 22.5 Å². The van der Waals surface area contributed by atoms with Crippen LogP contribution in [0, 0.1) is 33.1 Å². The number of allylic oxidation sites excluding steroid dienone is 6. The predicted molar refractivity (Wildman–Crippen MR) is 113 cm³/mol. The second kappa shape index (κ2) is 10.9. The van der Waals surface area contributed by atoms with Crippen molar-refractivity contribution in [2.24, 2.45) is 0 Å². The Morgan fingerprint density at radius 1 is 1.15 bits per heavy atom. The number of carbonyl (C=O) groups excluding carboxylic acids is 1. The molecule has 0 aliphatic heterocycles. The lowest BCUT2D eigenvalue weighted by molar-refractivity contribution is -0.136. The van der Waals surface area contributed by atoms with Crippen LogP contribution in [0.2, 0.25) is 0 Å². The van der Waals surface area contributed by atoms with Gasteiger partial charge >= 0.3 is 5.97 Å². The molecular formula is C24H28O3. The highest BCUT2D eigenvalue weighted by Gasteiger charge is 2.08. The second-order valence-electron chi connectivity index (χ2n) is 6.36. The molecule has 3 nitrogen and oxygen atoms in total. The SMILES string of the molecule is C#CCOC(=O)C=C(C)C=CC=C(C)C=Cc1c(C)cc(OC)c(C)c1C. The summed E-state index contributed by atoms with van der Waals surface area (Å²) >= 11 is 0.